The van der Waals surface area contributed by atoms with Crippen molar-refractivity contribution in [2.45, 2.75) is 32.3 Å². The normalized spacial score (nSPS) is 25.4. The van der Waals surface area contributed by atoms with Gasteiger partial charge in [0.05, 0.1) is 11.6 Å². The van der Waals surface area contributed by atoms with Gasteiger partial charge in [-0.2, -0.15) is 0 Å². The van der Waals surface area contributed by atoms with Gasteiger partial charge in [0.1, 0.15) is 0 Å². The van der Waals surface area contributed by atoms with E-state index in [-0.39, 0.29) is 6.10 Å². The minimum absolute atomic E-state index is 0.374. The van der Waals surface area contributed by atoms with Gasteiger partial charge in [-0.15, -0.1) is 0 Å². The number of para-hydroxylation sites is 1. The van der Waals surface area contributed by atoms with Gasteiger partial charge >= 0.3 is 0 Å². The average Bonchev–Trinajstić information content (AvgIpc) is 2.83. The molecule has 0 aliphatic heterocycles. The number of aliphatic hydroxyl groups is 1. The van der Waals surface area contributed by atoms with Crippen molar-refractivity contribution in [3.8, 4) is 0 Å². The molecular weight excluding hydrogens is 222 g/mol. The number of rotatable bonds is 2. The van der Waals surface area contributed by atoms with Crippen LogP contribution in [0.15, 0.2) is 36.5 Å². The fraction of sp³-hybridized carbons (Fsp3) is 0.438. The molecule has 0 radical (unpaired) electrons. The van der Waals surface area contributed by atoms with Gasteiger partial charge < -0.3 is 5.11 Å². The molecule has 0 spiro atoms. The maximum Gasteiger partial charge on any atom is 0.0841 e. The van der Waals surface area contributed by atoms with Crippen LogP contribution in [0.4, 0.5) is 0 Å². The molecule has 18 heavy (non-hydrogen) atoms. The summed E-state index contributed by atoms with van der Waals surface area (Å²) in [6, 6.07) is 10.1. The Morgan fingerprint density at radius 2 is 2.06 bits per heavy atom. The van der Waals surface area contributed by atoms with Crippen LogP contribution in [0.1, 0.15) is 37.9 Å². The third kappa shape index (κ3) is 1.91. The molecule has 0 saturated heterocycles. The van der Waals surface area contributed by atoms with E-state index >= 15 is 0 Å². The lowest BCUT2D eigenvalue weighted by atomic mass is 9.87. The Kier molecular flexibility index (Phi) is 3.04. The van der Waals surface area contributed by atoms with Crippen LogP contribution in [0.3, 0.4) is 0 Å². The van der Waals surface area contributed by atoms with Crippen LogP contribution in [-0.4, -0.2) is 10.1 Å². The maximum atomic E-state index is 10.6. The summed E-state index contributed by atoms with van der Waals surface area (Å²) in [4.78, 5) is 4.44. The van der Waals surface area contributed by atoms with Crippen molar-refractivity contribution in [3.05, 3.63) is 42.1 Å². The molecule has 1 saturated carbocycles. The number of pyridine rings is 1. The lowest BCUT2D eigenvalue weighted by Gasteiger charge is -2.23. The number of nitrogens with zero attached hydrogens (tertiary/aromatic N) is 1. The Hall–Kier alpha value is -1.41. The Bertz CT molecular complexity index is 546. The van der Waals surface area contributed by atoms with E-state index in [2.05, 4.69) is 24.0 Å². The van der Waals surface area contributed by atoms with E-state index in [1.54, 1.807) is 6.20 Å². The van der Waals surface area contributed by atoms with Gasteiger partial charge in [0.25, 0.3) is 0 Å². The SMILES string of the molecule is CC1CCCC1C(O)c1cccc2cccnc12. The van der Waals surface area contributed by atoms with Crippen molar-refractivity contribution in [1.29, 1.82) is 0 Å². The molecule has 1 aromatic heterocycles. The Morgan fingerprint density at radius 1 is 1.22 bits per heavy atom. The Balaban J connectivity index is 2.03. The van der Waals surface area contributed by atoms with Gasteiger partial charge in [0.2, 0.25) is 0 Å². The van der Waals surface area contributed by atoms with E-state index in [1.165, 1.54) is 12.8 Å². The first-order valence-electron chi connectivity index (χ1n) is 6.79. The Morgan fingerprint density at radius 3 is 2.83 bits per heavy atom. The van der Waals surface area contributed by atoms with Crippen molar-refractivity contribution in [2.24, 2.45) is 11.8 Å². The van der Waals surface area contributed by atoms with E-state index in [0.717, 1.165) is 22.9 Å². The summed E-state index contributed by atoms with van der Waals surface area (Å²) >= 11 is 0. The third-order valence-corrected chi connectivity index (χ3v) is 4.32. The number of benzene rings is 1. The molecule has 2 nitrogen and oxygen atoms in total. The van der Waals surface area contributed by atoms with Crippen molar-refractivity contribution < 1.29 is 5.11 Å². The average molecular weight is 241 g/mol. The quantitative estimate of drug-likeness (QED) is 0.869. The molecule has 2 heteroatoms. The maximum absolute atomic E-state index is 10.6. The monoisotopic (exact) mass is 241 g/mol. The lowest BCUT2D eigenvalue weighted by Crippen LogP contribution is -2.15. The van der Waals surface area contributed by atoms with Crippen LogP contribution >= 0.6 is 0 Å². The highest BCUT2D eigenvalue weighted by Gasteiger charge is 2.31. The number of hydrogen-bond acceptors (Lipinski definition) is 2. The lowest BCUT2D eigenvalue weighted by molar-refractivity contribution is 0.0912. The first-order chi connectivity index (χ1) is 8.77. The molecule has 0 amide bonds. The highest BCUT2D eigenvalue weighted by atomic mass is 16.3. The molecule has 94 valence electrons. The number of hydrogen-bond donors (Lipinski definition) is 1. The highest BCUT2D eigenvalue weighted by molar-refractivity contribution is 5.81. The van der Waals surface area contributed by atoms with Crippen molar-refractivity contribution in [3.63, 3.8) is 0 Å². The summed E-state index contributed by atoms with van der Waals surface area (Å²) in [5.74, 6) is 0.997. The molecule has 1 heterocycles. The predicted octanol–water partition coefficient (Wildman–Crippen LogP) is 3.70. The summed E-state index contributed by atoms with van der Waals surface area (Å²) in [5, 5.41) is 11.8. The Labute approximate surface area is 108 Å². The molecular formula is C16H19NO. The summed E-state index contributed by atoms with van der Waals surface area (Å²) < 4.78 is 0. The second-order valence-corrected chi connectivity index (χ2v) is 5.44. The van der Waals surface area contributed by atoms with Crippen LogP contribution in [0, 0.1) is 11.8 Å². The van der Waals surface area contributed by atoms with Gasteiger partial charge in [-0.3, -0.25) is 4.98 Å². The van der Waals surface area contributed by atoms with E-state index in [1.807, 2.05) is 18.2 Å². The zero-order chi connectivity index (χ0) is 12.5. The molecule has 1 N–H and O–H groups in total. The van der Waals surface area contributed by atoms with Crippen LogP contribution < -0.4 is 0 Å². The van der Waals surface area contributed by atoms with Gasteiger partial charge in [-0.1, -0.05) is 44.0 Å². The number of fused-ring (bicyclic) bond motifs is 1. The fourth-order valence-electron chi connectivity index (χ4n) is 3.24. The minimum Gasteiger partial charge on any atom is -0.388 e. The van der Waals surface area contributed by atoms with E-state index in [4.69, 9.17) is 0 Å². The third-order valence-electron chi connectivity index (χ3n) is 4.32. The van der Waals surface area contributed by atoms with Gasteiger partial charge in [0, 0.05) is 17.1 Å². The smallest absolute Gasteiger partial charge is 0.0841 e. The molecule has 2 aromatic rings. The zero-order valence-electron chi connectivity index (χ0n) is 10.7. The van der Waals surface area contributed by atoms with Gasteiger partial charge in [0.15, 0.2) is 0 Å². The minimum atomic E-state index is -0.374. The second-order valence-electron chi connectivity index (χ2n) is 5.44. The van der Waals surface area contributed by atoms with Crippen molar-refractivity contribution in [2.75, 3.05) is 0 Å². The van der Waals surface area contributed by atoms with Gasteiger partial charge in [-0.05, 0) is 24.3 Å². The largest absolute Gasteiger partial charge is 0.388 e. The standard InChI is InChI=1S/C16H19NO/c1-11-5-2-8-13(11)16(18)14-9-3-6-12-7-4-10-17-15(12)14/h3-4,6-7,9-11,13,16,18H,2,5,8H2,1H3. The van der Waals surface area contributed by atoms with E-state index < -0.39 is 0 Å². The zero-order valence-corrected chi connectivity index (χ0v) is 10.7. The van der Waals surface area contributed by atoms with Crippen molar-refractivity contribution in [1.82, 2.24) is 4.98 Å². The molecule has 3 unspecified atom stereocenters. The summed E-state index contributed by atoms with van der Waals surface area (Å²) in [6.07, 6.45) is 5.03. The van der Waals surface area contributed by atoms with Crippen LogP contribution in [0.25, 0.3) is 10.9 Å². The predicted molar refractivity (Wildman–Crippen MR) is 73.2 cm³/mol. The van der Waals surface area contributed by atoms with Crippen molar-refractivity contribution >= 4 is 10.9 Å². The van der Waals surface area contributed by atoms with E-state index in [0.29, 0.717) is 11.8 Å². The molecule has 0 bridgehead atoms. The number of aromatic nitrogens is 1. The fourth-order valence-corrected chi connectivity index (χ4v) is 3.24. The topological polar surface area (TPSA) is 33.1 Å². The van der Waals surface area contributed by atoms with E-state index in [9.17, 15) is 5.11 Å². The highest BCUT2D eigenvalue weighted by Crippen LogP contribution is 2.41. The molecule has 3 atom stereocenters. The molecule has 3 rings (SSSR count). The molecule has 1 fully saturated rings. The number of aliphatic hydroxyl groups excluding tert-OH is 1. The molecule has 1 aliphatic carbocycles. The first kappa shape index (κ1) is 11.7. The van der Waals surface area contributed by atoms with Crippen LogP contribution in [0.2, 0.25) is 0 Å². The first-order valence-corrected chi connectivity index (χ1v) is 6.79. The van der Waals surface area contributed by atoms with Crippen LogP contribution in [-0.2, 0) is 0 Å². The molecule has 1 aromatic carbocycles. The van der Waals surface area contributed by atoms with Gasteiger partial charge in [-0.25, -0.2) is 0 Å². The van der Waals surface area contributed by atoms with Crippen LogP contribution in [0.5, 0.6) is 0 Å². The summed E-state index contributed by atoms with van der Waals surface area (Å²) in [6.45, 7) is 2.25. The second kappa shape index (κ2) is 4.69. The summed E-state index contributed by atoms with van der Waals surface area (Å²) in [7, 11) is 0. The molecule has 1 aliphatic rings. The summed E-state index contributed by atoms with van der Waals surface area (Å²) in [5.41, 5.74) is 1.94.